The summed E-state index contributed by atoms with van der Waals surface area (Å²) in [4.78, 5) is 32.8. The molecule has 5 rings (SSSR count). The number of benzene rings is 3. The first-order chi connectivity index (χ1) is 18.8. The minimum atomic E-state index is -0.771. The summed E-state index contributed by atoms with van der Waals surface area (Å²) in [6.45, 7) is 6.59. The number of carbonyl (C=O) groups excluding carboxylic acids is 2. The second-order valence-electron chi connectivity index (χ2n) is 10.1. The number of hydrogen-bond donors (Lipinski definition) is 1. The molecule has 3 aromatic carbocycles. The molecule has 1 atom stereocenters. The first-order valence-corrected chi connectivity index (χ1v) is 13.5. The molecule has 2 aliphatic rings. The standard InChI is InChI=1S/C32H35N3O4/c1-5-34(6-2)25-14-16-26(17-15-25)35-29(21-9-12-24(13-10-21)33(3)4)28(31(37)32(35)38)30(36)23-11-18-27-22(20-23)8-7-19-39-27/h9-18,20,29,36H,5-8,19H2,1-4H3/b30-28-. The van der Waals surface area contributed by atoms with Crippen LogP contribution < -0.4 is 19.4 Å². The van der Waals surface area contributed by atoms with Crippen LogP contribution >= 0.6 is 0 Å². The minimum Gasteiger partial charge on any atom is -0.507 e. The molecule has 1 saturated heterocycles. The predicted octanol–water partition coefficient (Wildman–Crippen LogP) is 5.55. The molecule has 0 aliphatic carbocycles. The average Bonchev–Trinajstić information content (AvgIpc) is 3.23. The summed E-state index contributed by atoms with van der Waals surface area (Å²) in [5.41, 5.74) is 4.96. The summed E-state index contributed by atoms with van der Waals surface area (Å²) >= 11 is 0. The van der Waals surface area contributed by atoms with Crippen LogP contribution in [0.2, 0.25) is 0 Å². The van der Waals surface area contributed by atoms with Gasteiger partial charge in [0.2, 0.25) is 0 Å². The largest absolute Gasteiger partial charge is 0.507 e. The number of rotatable bonds is 7. The van der Waals surface area contributed by atoms with Gasteiger partial charge in [-0.25, -0.2) is 0 Å². The van der Waals surface area contributed by atoms with Crippen LogP contribution in [0.15, 0.2) is 72.3 Å². The number of carbonyl (C=O) groups is 2. The van der Waals surface area contributed by atoms with Crippen molar-refractivity contribution in [2.24, 2.45) is 0 Å². The highest BCUT2D eigenvalue weighted by atomic mass is 16.5. The average molecular weight is 526 g/mol. The normalized spacial score (nSPS) is 18.1. The molecule has 0 aromatic heterocycles. The third-order valence-electron chi connectivity index (χ3n) is 7.61. The van der Waals surface area contributed by atoms with Gasteiger partial charge in [-0.3, -0.25) is 14.5 Å². The van der Waals surface area contributed by atoms with Gasteiger partial charge in [-0.2, -0.15) is 0 Å². The van der Waals surface area contributed by atoms with Crippen molar-refractivity contribution in [1.29, 1.82) is 0 Å². The molecule has 7 nitrogen and oxygen atoms in total. The quantitative estimate of drug-likeness (QED) is 0.248. The molecule has 1 N–H and O–H groups in total. The second-order valence-corrected chi connectivity index (χ2v) is 10.1. The molecule has 1 fully saturated rings. The minimum absolute atomic E-state index is 0.0853. The van der Waals surface area contributed by atoms with Crippen LogP contribution in [-0.2, 0) is 16.0 Å². The Balaban J connectivity index is 1.63. The Labute approximate surface area is 229 Å². The van der Waals surface area contributed by atoms with Crippen LogP contribution in [0.25, 0.3) is 5.76 Å². The Bertz CT molecular complexity index is 1410. The number of ether oxygens (including phenoxy) is 1. The van der Waals surface area contributed by atoms with E-state index in [-0.39, 0.29) is 11.3 Å². The van der Waals surface area contributed by atoms with Crippen LogP contribution in [-0.4, -0.2) is 50.6 Å². The van der Waals surface area contributed by atoms with Gasteiger partial charge in [0.1, 0.15) is 11.5 Å². The molecular formula is C32H35N3O4. The van der Waals surface area contributed by atoms with Crippen LogP contribution in [0.3, 0.4) is 0 Å². The van der Waals surface area contributed by atoms with Gasteiger partial charge in [0, 0.05) is 49.8 Å². The Morgan fingerprint density at radius 1 is 0.949 bits per heavy atom. The van der Waals surface area contributed by atoms with E-state index in [1.807, 2.05) is 79.7 Å². The number of aryl methyl sites for hydroxylation is 1. The van der Waals surface area contributed by atoms with Crippen LogP contribution in [0.1, 0.15) is 43.0 Å². The van der Waals surface area contributed by atoms with E-state index in [0.717, 1.165) is 54.2 Å². The van der Waals surface area contributed by atoms with Crippen LogP contribution in [0, 0.1) is 0 Å². The zero-order valence-corrected chi connectivity index (χ0v) is 23.0. The maximum atomic E-state index is 13.6. The molecule has 0 saturated carbocycles. The van der Waals surface area contributed by atoms with Crippen molar-refractivity contribution in [2.75, 3.05) is 48.5 Å². The van der Waals surface area contributed by atoms with Crippen LogP contribution in [0.5, 0.6) is 5.75 Å². The van der Waals surface area contributed by atoms with Gasteiger partial charge in [0.05, 0.1) is 18.2 Å². The molecule has 2 heterocycles. The Kier molecular flexibility index (Phi) is 7.33. The zero-order chi connectivity index (χ0) is 27.7. The second kappa shape index (κ2) is 10.8. The molecule has 7 heteroatoms. The van der Waals surface area contributed by atoms with Crippen molar-refractivity contribution in [3.05, 3.63) is 89.0 Å². The van der Waals surface area contributed by atoms with E-state index < -0.39 is 17.7 Å². The molecule has 39 heavy (non-hydrogen) atoms. The van der Waals surface area contributed by atoms with E-state index in [9.17, 15) is 14.7 Å². The van der Waals surface area contributed by atoms with Gasteiger partial charge in [-0.15, -0.1) is 0 Å². The fourth-order valence-electron chi connectivity index (χ4n) is 5.44. The molecule has 0 spiro atoms. The molecule has 0 bridgehead atoms. The smallest absolute Gasteiger partial charge is 0.300 e. The lowest BCUT2D eigenvalue weighted by Crippen LogP contribution is -2.29. The molecule has 202 valence electrons. The summed E-state index contributed by atoms with van der Waals surface area (Å²) in [5, 5.41) is 11.6. The van der Waals surface area contributed by atoms with E-state index in [1.165, 1.54) is 4.90 Å². The number of hydrogen-bond acceptors (Lipinski definition) is 6. The lowest BCUT2D eigenvalue weighted by Gasteiger charge is -2.27. The number of Topliss-reactive ketones (excluding diaryl/α,β-unsaturated/α-hetero) is 1. The van der Waals surface area contributed by atoms with Crippen molar-refractivity contribution in [2.45, 2.75) is 32.7 Å². The van der Waals surface area contributed by atoms with Gasteiger partial charge < -0.3 is 19.6 Å². The highest BCUT2D eigenvalue weighted by Crippen LogP contribution is 2.43. The monoisotopic (exact) mass is 525 g/mol. The van der Waals surface area contributed by atoms with E-state index in [2.05, 4.69) is 18.7 Å². The van der Waals surface area contributed by atoms with E-state index in [0.29, 0.717) is 17.9 Å². The summed E-state index contributed by atoms with van der Waals surface area (Å²) in [5.74, 6) is -0.737. The Morgan fingerprint density at radius 2 is 1.62 bits per heavy atom. The number of aliphatic hydroxyl groups is 1. The van der Waals surface area contributed by atoms with Crippen molar-refractivity contribution in [3.63, 3.8) is 0 Å². The summed E-state index contributed by atoms with van der Waals surface area (Å²) in [6, 6.07) is 20.1. The fraction of sp³-hybridized carbons (Fsp3) is 0.312. The number of amides is 1. The highest BCUT2D eigenvalue weighted by molar-refractivity contribution is 6.51. The number of ketones is 1. The lowest BCUT2D eigenvalue weighted by atomic mass is 9.93. The summed E-state index contributed by atoms with van der Waals surface area (Å²) < 4.78 is 5.73. The topological polar surface area (TPSA) is 73.3 Å². The van der Waals surface area contributed by atoms with Gasteiger partial charge in [-0.1, -0.05) is 12.1 Å². The van der Waals surface area contributed by atoms with Crippen molar-refractivity contribution < 1.29 is 19.4 Å². The SMILES string of the molecule is CCN(CC)c1ccc(N2C(=O)C(=O)/C(=C(\O)c3ccc4c(c3)CCCO4)C2c2ccc(N(C)C)cc2)cc1. The zero-order valence-electron chi connectivity index (χ0n) is 23.0. The Morgan fingerprint density at radius 3 is 2.26 bits per heavy atom. The molecule has 2 aliphatic heterocycles. The lowest BCUT2D eigenvalue weighted by molar-refractivity contribution is -0.132. The van der Waals surface area contributed by atoms with Gasteiger partial charge in [-0.05, 0) is 92.4 Å². The molecular weight excluding hydrogens is 490 g/mol. The number of anilines is 3. The molecule has 1 amide bonds. The van der Waals surface area contributed by atoms with Gasteiger partial charge in [0.25, 0.3) is 11.7 Å². The van der Waals surface area contributed by atoms with Crippen molar-refractivity contribution in [1.82, 2.24) is 0 Å². The van der Waals surface area contributed by atoms with Crippen LogP contribution in [0.4, 0.5) is 17.1 Å². The van der Waals surface area contributed by atoms with Crippen molar-refractivity contribution in [3.8, 4) is 5.75 Å². The first kappa shape index (κ1) is 26.4. The van der Waals surface area contributed by atoms with Gasteiger partial charge >= 0.3 is 0 Å². The van der Waals surface area contributed by atoms with E-state index in [4.69, 9.17) is 4.74 Å². The maximum Gasteiger partial charge on any atom is 0.300 e. The third kappa shape index (κ3) is 4.85. The summed E-state index contributed by atoms with van der Waals surface area (Å²) in [7, 11) is 3.91. The molecule has 3 aromatic rings. The molecule has 0 radical (unpaired) electrons. The number of nitrogens with zero attached hydrogens (tertiary/aromatic N) is 3. The maximum absolute atomic E-state index is 13.6. The first-order valence-electron chi connectivity index (χ1n) is 13.5. The number of fused-ring (bicyclic) bond motifs is 1. The summed E-state index contributed by atoms with van der Waals surface area (Å²) in [6.07, 6.45) is 1.72. The third-order valence-corrected chi connectivity index (χ3v) is 7.61. The van der Waals surface area contributed by atoms with E-state index in [1.54, 1.807) is 6.07 Å². The fourth-order valence-corrected chi connectivity index (χ4v) is 5.44. The predicted molar refractivity (Wildman–Crippen MR) is 156 cm³/mol. The van der Waals surface area contributed by atoms with Gasteiger partial charge in [0.15, 0.2) is 0 Å². The Hall–Kier alpha value is -4.26. The van der Waals surface area contributed by atoms with E-state index >= 15 is 0 Å². The number of aliphatic hydroxyl groups excluding tert-OH is 1. The molecule has 1 unspecified atom stereocenters. The highest BCUT2D eigenvalue weighted by Gasteiger charge is 2.47. The van der Waals surface area contributed by atoms with Crippen molar-refractivity contribution >= 4 is 34.5 Å².